The molecule has 0 unspecified atom stereocenters. The third-order valence-electron chi connectivity index (χ3n) is 5.76. The number of alkyl halides is 1. The zero-order chi connectivity index (χ0) is 16.8. The second kappa shape index (κ2) is 5.50. The van der Waals surface area contributed by atoms with E-state index in [1.54, 1.807) is 22.2 Å². The van der Waals surface area contributed by atoms with E-state index >= 15 is 0 Å². The standard InChI is InChI=1S/C17H21FN4O2/c18-17(4-1-5-17)15(24)21-7-2-3-16(11-21)6-8-22(14(16)23)13-9-19-12-20-10-13/h9-10,12H,1-8,11H2/t16-/m0/s1. The number of anilines is 1. The molecule has 0 radical (unpaired) electrons. The van der Waals surface area contributed by atoms with Crippen molar-refractivity contribution >= 4 is 17.5 Å². The van der Waals surface area contributed by atoms with Gasteiger partial charge in [-0.1, -0.05) is 0 Å². The van der Waals surface area contributed by atoms with Crippen LogP contribution >= 0.6 is 0 Å². The molecular weight excluding hydrogens is 311 g/mol. The number of hydrogen-bond donors (Lipinski definition) is 0. The largest absolute Gasteiger partial charge is 0.339 e. The number of rotatable bonds is 2. The lowest BCUT2D eigenvalue weighted by molar-refractivity contribution is -0.154. The Morgan fingerprint density at radius 1 is 1.08 bits per heavy atom. The summed E-state index contributed by atoms with van der Waals surface area (Å²) in [6.45, 7) is 1.48. The summed E-state index contributed by atoms with van der Waals surface area (Å²) in [5, 5.41) is 0. The molecule has 2 saturated heterocycles. The van der Waals surface area contributed by atoms with Gasteiger partial charge in [-0.2, -0.15) is 0 Å². The van der Waals surface area contributed by atoms with Gasteiger partial charge in [-0.15, -0.1) is 0 Å². The Morgan fingerprint density at radius 2 is 1.83 bits per heavy atom. The summed E-state index contributed by atoms with van der Waals surface area (Å²) in [6.07, 6.45) is 8.26. The molecule has 7 heteroatoms. The summed E-state index contributed by atoms with van der Waals surface area (Å²) in [4.78, 5) is 36.8. The van der Waals surface area contributed by atoms with Crippen LogP contribution in [0.15, 0.2) is 18.7 Å². The molecule has 3 heterocycles. The lowest BCUT2D eigenvalue weighted by Gasteiger charge is -2.43. The van der Waals surface area contributed by atoms with Gasteiger partial charge >= 0.3 is 0 Å². The molecule has 1 atom stereocenters. The molecule has 0 N–H and O–H groups in total. The molecule has 4 rings (SSSR count). The Morgan fingerprint density at radius 3 is 2.50 bits per heavy atom. The van der Waals surface area contributed by atoms with Gasteiger partial charge < -0.3 is 9.80 Å². The van der Waals surface area contributed by atoms with Crippen molar-refractivity contribution in [1.82, 2.24) is 14.9 Å². The Bertz CT molecular complexity index is 664. The quantitative estimate of drug-likeness (QED) is 0.827. The van der Waals surface area contributed by atoms with E-state index in [1.807, 2.05) is 0 Å². The number of halogens is 1. The van der Waals surface area contributed by atoms with Crippen LogP contribution in [0, 0.1) is 5.41 Å². The van der Waals surface area contributed by atoms with Crippen LogP contribution in [0.4, 0.5) is 10.1 Å². The van der Waals surface area contributed by atoms with Crippen LogP contribution in [0.1, 0.15) is 38.5 Å². The Labute approximate surface area is 140 Å². The van der Waals surface area contributed by atoms with Gasteiger partial charge in [0.25, 0.3) is 5.91 Å². The molecule has 0 aromatic carbocycles. The minimum absolute atomic E-state index is 0.0105. The van der Waals surface area contributed by atoms with Crippen molar-refractivity contribution < 1.29 is 14.0 Å². The highest BCUT2D eigenvalue weighted by atomic mass is 19.1. The Balaban J connectivity index is 1.53. The van der Waals surface area contributed by atoms with E-state index in [-0.39, 0.29) is 5.91 Å². The summed E-state index contributed by atoms with van der Waals surface area (Å²) < 4.78 is 14.5. The fraction of sp³-hybridized carbons (Fsp3) is 0.647. The number of carbonyl (C=O) groups is 2. The average molecular weight is 332 g/mol. The number of hydrogen-bond acceptors (Lipinski definition) is 4. The van der Waals surface area contributed by atoms with Crippen LogP contribution in [-0.2, 0) is 9.59 Å². The highest BCUT2D eigenvalue weighted by Crippen LogP contribution is 2.44. The number of carbonyl (C=O) groups excluding carboxylic acids is 2. The predicted molar refractivity (Wildman–Crippen MR) is 84.9 cm³/mol. The van der Waals surface area contributed by atoms with Crippen LogP contribution in [0.25, 0.3) is 0 Å². The zero-order valence-electron chi connectivity index (χ0n) is 13.6. The number of nitrogens with zero attached hydrogens (tertiary/aromatic N) is 4. The third kappa shape index (κ3) is 2.29. The van der Waals surface area contributed by atoms with Gasteiger partial charge in [-0.25, -0.2) is 14.4 Å². The number of piperidine rings is 1. The van der Waals surface area contributed by atoms with Gasteiger partial charge in [0, 0.05) is 19.6 Å². The monoisotopic (exact) mass is 332 g/mol. The van der Waals surface area contributed by atoms with Gasteiger partial charge in [-0.05, 0) is 38.5 Å². The molecule has 0 bridgehead atoms. The first-order valence-electron chi connectivity index (χ1n) is 8.59. The summed E-state index contributed by atoms with van der Waals surface area (Å²) in [7, 11) is 0. The molecule has 1 saturated carbocycles. The molecule has 128 valence electrons. The summed E-state index contributed by atoms with van der Waals surface area (Å²) in [6, 6.07) is 0. The van der Waals surface area contributed by atoms with Crippen molar-refractivity contribution in [2.75, 3.05) is 24.5 Å². The van der Waals surface area contributed by atoms with Crippen LogP contribution < -0.4 is 4.90 Å². The topological polar surface area (TPSA) is 66.4 Å². The first-order chi connectivity index (χ1) is 11.5. The van der Waals surface area contributed by atoms with Crippen molar-refractivity contribution in [2.24, 2.45) is 5.41 Å². The summed E-state index contributed by atoms with van der Waals surface area (Å²) in [5.74, 6) is -0.404. The first kappa shape index (κ1) is 15.5. The molecule has 24 heavy (non-hydrogen) atoms. The van der Waals surface area contributed by atoms with Crippen molar-refractivity contribution in [2.45, 2.75) is 44.2 Å². The lowest BCUT2D eigenvalue weighted by Crippen LogP contribution is -2.56. The second-order valence-corrected chi connectivity index (χ2v) is 7.23. The third-order valence-corrected chi connectivity index (χ3v) is 5.76. The summed E-state index contributed by atoms with van der Waals surface area (Å²) in [5.41, 5.74) is -1.58. The molecule has 1 spiro atoms. The van der Waals surface area contributed by atoms with E-state index in [0.717, 1.165) is 19.3 Å². The van der Waals surface area contributed by atoms with Gasteiger partial charge in [0.15, 0.2) is 5.67 Å². The van der Waals surface area contributed by atoms with Crippen molar-refractivity contribution in [1.29, 1.82) is 0 Å². The van der Waals surface area contributed by atoms with Crippen LogP contribution in [0.3, 0.4) is 0 Å². The second-order valence-electron chi connectivity index (χ2n) is 7.23. The Kier molecular flexibility index (Phi) is 3.54. The number of likely N-dealkylation sites (tertiary alicyclic amines) is 1. The maximum Gasteiger partial charge on any atom is 0.260 e. The van der Waals surface area contributed by atoms with Gasteiger partial charge in [0.1, 0.15) is 6.33 Å². The van der Waals surface area contributed by atoms with Gasteiger partial charge in [-0.3, -0.25) is 9.59 Å². The molecule has 1 aliphatic carbocycles. The van der Waals surface area contributed by atoms with E-state index in [2.05, 4.69) is 9.97 Å². The van der Waals surface area contributed by atoms with Crippen molar-refractivity contribution in [3.63, 3.8) is 0 Å². The van der Waals surface area contributed by atoms with E-state index in [9.17, 15) is 14.0 Å². The van der Waals surface area contributed by atoms with Gasteiger partial charge in [0.05, 0.1) is 23.5 Å². The smallest absolute Gasteiger partial charge is 0.260 e. The first-order valence-corrected chi connectivity index (χ1v) is 8.59. The lowest BCUT2D eigenvalue weighted by atomic mass is 9.76. The molecule has 1 aromatic rings. The zero-order valence-corrected chi connectivity index (χ0v) is 13.6. The van der Waals surface area contributed by atoms with Crippen molar-refractivity contribution in [3.05, 3.63) is 18.7 Å². The molecular formula is C17H21FN4O2. The average Bonchev–Trinajstić information content (AvgIpc) is 2.89. The molecule has 3 fully saturated rings. The molecule has 2 aliphatic heterocycles. The highest BCUT2D eigenvalue weighted by Gasteiger charge is 2.53. The fourth-order valence-corrected chi connectivity index (χ4v) is 4.17. The fourth-order valence-electron chi connectivity index (χ4n) is 4.17. The van der Waals surface area contributed by atoms with Gasteiger partial charge in [0.2, 0.25) is 5.91 Å². The molecule has 6 nitrogen and oxygen atoms in total. The molecule has 3 aliphatic rings. The number of amides is 2. The summed E-state index contributed by atoms with van der Waals surface area (Å²) >= 11 is 0. The van der Waals surface area contributed by atoms with Crippen LogP contribution in [0.2, 0.25) is 0 Å². The van der Waals surface area contributed by atoms with Crippen LogP contribution in [0.5, 0.6) is 0 Å². The van der Waals surface area contributed by atoms with E-state index < -0.39 is 17.0 Å². The predicted octanol–water partition coefficient (Wildman–Crippen LogP) is 1.71. The maximum absolute atomic E-state index is 14.5. The maximum atomic E-state index is 14.5. The minimum Gasteiger partial charge on any atom is -0.339 e. The van der Waals surface area contributed by atoms with E-state index in [0.29, 0.717) is 44.6 Å². The molecule has 2 amide bonds. The Hall–Kier alpha value is -2.05. The van der Waals surface area contributed by atoms with E-state index in [4.69, 9.17) is 0 Å². The van der Waals surface area contributed by atoms with E-state index in [1.165, 1.54) is 6.33 Å². The van der Waals surface area contributed by atoms with Crippen molar-refractivity contribution in [3.8, 4) is 0 Å². The molecule has 1 aromatic heterocycles. The number of aromatic nitrogens is 2. The minimum atomic E-state index is -1.69. The van der Waals surface area contributed by atoms with Crippen LogP contribution in [-0.4, -0.2) is 52.0 Å². The normalized spacial score (nSPS) is 29.0. The SMILES string of the molecule is O=C(N1CCC[C@]2(CCN(c3cncnc3)C2=O)C1)C1(F)CCC1. The highest BCUT2D eigenvalue weighted by molar-refractivity contribution is 6.00.